The van der Waals surface area contributed by atoms with Crippen molar-refractivity contribution in [3.05, 3.63) is 59.2 Å². The molecule has 0 radical (unpaired) electrons. The number of nitrogens with zero attached hydrogens (tertiary/aromatic N) is 1. The fraction of sp³-hybridized carbons (Fsp3) is 0.350. The van der Waals surface area contributed by atoms with Crippen molar-refractivity contribution in [1.29, 1.82) is 0 Å². The Labute approximate surface area is 158 Å². The molecule has 142 valence electrons. The van der Waals surface area contributed by atoms with Crippen molar-refractivity contribution in [3.8, 4) is 5.75 Å². The molecule has 2 aliphatic heterocycles. The van der Waals surface area contributed by atoms with Crippen LogP contribution in [0, 0.1) is 0 Å². The second-order valence-corrected chi connectivity index (χ2v) is 6.85. The van der Waals surface area contributed by atoms with Gasteiger partial charge in [0.2, 0.25) is 0 Å². The van der Waals surface area contributed by atoms with Crippen LogP contribution in [0.2, 0.25) is 0 Å². The van der Waals surface area contributed by atoms with E-state index < -0.39 is 12.1 Å². The lowest BCUT2D eigenvalue weighted by molar-refractivity contribution is -0.921. The molecule has 7 nitrogen and oxygen atoms in total. The number of fused-ring (bicyclic) bond motifs is 1. The molecule has 0 aromatic heterocycles. The molecule has 2 aromatic carbocycles. The van der Waals surface area contributed by atoms with Crippen LogP contribution in [-0.2, 0) is 11.3 Å². The Bertz CT molecular complexity index is 836. The lowest BCUT2D eigenvalue weighted by atomic mass is 10.0. The number of anilines is 1. The molecule has 3 N–H and O–H groups in total. The van der Waals surface area contributed by atoms with Crippen molar-refractivity contribution in [2.75, 3.05) is 38.7 Å². The lowest BCUT2D eigenvalue weighted by Crippen LogP contribution is -3.12. The third-order valence-electron chi connectivity index (χ3n) is 5.16. The summed E-state index contributed by atoms with van der Waals surface area (Å²) in [5, 5.41) is 14.5. The van der Waals surface area contributed by atoms with E-state index in [1.54, 1.807) is 19.2 Å². The largest absolute Gasteiger partial charge is 0.496 e. The SMILES string of the molecule is COc1ccc([C@@H]2Nc3ccccc3C(=O)N2O)cc1C[NH+]1CCOCC1. The van der Waals surface area contributed by atoms with Crippen molar-refractivity contribution in [2.24, 2.45) is 0 Å². The van der Waals surface area contributed by atoms with E-state index in [2.05, 4.69) is 5.32 Å². The highest BCUT2D eigenvalue weighted by Crippen LogP contribution is 2.33. The van der Waals surface area contributed by atoms with Gasteiger partial charge < -0.3 is 19.7 Å². The maximum absolute atomic E-state index is 12.5. The molecule has 1 saturated heterocycles. The van der Waals surface area contributed by atoms with Crippen LogP contribution in [0.25, 0.3) is 0 Å². The number of rotatable bonds is 4. The molecular formula is C20H24N3O4+. The predicted molar refractivity (Wildman–Crippen MR) is 99.0 cm³/mol. The van der Waals surface area contributed by atoms with Crippen LogP contribution in [0.5, 0.6) is 5.75 Å². The van der Waals surface area contributed by atoms with Crippen LogP contribution < -0.4 is 15.0 Å². The van der Waals surface area contributed by atoms with Crippen LogP contribution in [0.3, 0.4) is 0 Å². The van der Waals surface area contributed by atoms with Crippen LogP contribution in [0.4, 0.5) is 5.69 Å². The Morgan fingerprint density at radius 3 is 2.81 bits per heavy atom. The molecular weight excluding hydrogens is 346 g/mol. The van der Waals surface area contributed by atoms with Gasteiger partial charge in [-0.1, -0.05) is 18.2 Å². The zero-order valence-corrected chi connectivity index (χ0v) is 15.3. The Morgan fingerprint density at radius 2 is 2.04 bits per heavy atom. The molecule has 1 amide bonds. The molecule has 0 unspecified atom stereocenters. The van der Waals surface area contributed by atoms with Gasteiger partial charge in [-0.2, -0.15) is 5.06 Å². The molecule has 0 spiro atoms. The molecule has 0 saturated carbocycles. The Balaban J connectivity index is 1.63. The Kier molecular flexibility index (Phi) is 4.98. The van der Waals surface area contributed by atoms with Gasteiger partial charge >= 0.3 is 0 Å². The first-order valence-electron chi connectivity index (χ1n) is 9.13. The minimum Gasteiger partial charge on any atom is -0.496 e. The number of morpholine rings is 1. The summed E-state index contributed by atoms with van der Waals surface area (Å²) in [4.78, 5) is 13.9. The quantitative estimate of drug-likeness (QED) is 0.702. The number of hydrogen-bond donors (Lipinski definition) is 3. The van der Waals surface area contributed by atoms with E-state index in [1.165, 1.54) is 4.90 Å². The first-order valence-corrected chi connectivity index (χ1v) is 9.13. The van der Waals surface area contributed by atoms with Gasteiger partial charge in [0.15, 0.2) is 6.17 Å². The number of carbonyl (C=O) groups excluding carboxylic acids is 1. The smallest absolute Gasteiger partial charge is 0.281 e. The molecule has 7 heteroatoms. The van der Waals surface area contributed by atoms with Gasteiger partial charge in [-0.25, -0.2) is 0 Å². The number of nitrogens with one attached hydrogen (secondary N) is 2. The second-order valence-electron chi connectivity index (χ2n) is 6.85. The van der Waals surface area contributed by atoms with Crippen LogP contribution in [-0.4, -0.2) is 49.6 Å². The summed E-state index contributed by atoms with van der Waals surface area (Å²) in [6.45, 7) is 4.23. The monoisotopic (exact) mass is 370 g/mol. The average molecular weight is 370 g/mol. The van der Waals surface area contributed by atoms with E-state index in [4.69, 9.17) is 9.47 Å². The normalized spacial score (nSPS) is 20.1. The van der Waals surface area contributed by atoms with Crippen LogP contribution >= 0.6 is 0 Å². The summed E-state index contributed by atoms with van der Waals surface area (Å²) in [5.74, 6) is 0.398. The van der Waals surface area contributed by atoms with Crippen molar-refractivity contribution in [2.45, 2.75) is 12.7 Å². The van der Waals surface area contributed by atoms with E-state index in [0.29, 0.717) is 11.3 Å². The maximum atomic E-state index is 12.5. The summed E-state index contributed by atoms with van der Waals surface area (Å²) in [7, 11) is 1.66. The van der Waals surface area contributed by atoms with E-state index in [-0.39, 0.29) is 0 Å². The molecule has 1 atom stereocenters. The highest BCUT2D eigenvalue weighted by atomic mass is 16.5. The van der Waals surface area contributed by atoms with E-state index in [9.17, 15) is 10.0 Å². The standard InChI is InChI=1S/C20H23N3O4/c1-26-18-7-6-14(12-15(18)13-22-8-10-27-11-9-22)19-21-17-5-3-2-4-16(17)20(24)23(19)25/h2-7,12,19,21,25H,8-11,13H2,1H3/p+1/t19-/m1/s1. The summed E-state index contributed by atoms with van der Waals surface area (Å²) in [6.07, 6.45) is -0.642. The molecule has 1 fully saturated rings. The van der Waals surface area contributed by atoms with E-state index in [1.807, 2.05) is 30.3 Å². The molecule has 2 aliphatic rings. The van der Waals surface area contributed by atoms with Gasteiger partial charge in [0.05, 0.1) is 25.9 Å². The molecule has 0 aliphatic carbocycles. The fourth-order valence-electron chi connectivity index (χ4n) is 3.68. The van der Waals surface area contributed by atoms with Crippen LogP contribution in [0.15, 0.2) is 42.5 Å². The second kappa shape index (κ2) is 7.56. The van der Waals surface area contributed by atoms with E-state index in [0.717, 1.165) is 54.8 Å². The summed E-state index contributed by atoms with van der Waals surface area (Å²) in [5.41, 5.74) is 3.04. The number of ether oxygens (including phenoxy) is 2. The number of amides is 1. The molecule has 2 heterocycles. The van der Waals surface area contributed by atoms with Crippen molar-refractivity contribution < 1.29 is 24.4 Å². The number of hydroxylamine groups is 2. The first kappa shape index (κ1) is 17.8. The minimum atomic E-state index is -0.642. The van der Waals surface area contributed by atoms with Crippen molar-refractivity contribution in [3.63, 3.8) is 0 Å². The summed E-state index contributed by atoms with van der Waals surface area (Å²) < 4.78 is 11.0. The van der Waals surface area contributed by atoms with Gasteiger partial charge in [-0.15, -0.1) is 0 Å². The summed E-state index contributed by atoms with van der Waals surface area (Å²) >= 11 is 0. The summed E-state index contributed by atoms with van der Waals surface area (Å²) in [6, 6.07) is 13.0. The Morgan fingerprint density at radius 1 is 1.26 bits per heavy atom. The highest BCUT2D eigenvalue weighted by molar-refractivity contribution is 6.01. The number of para-hydroxylation sites is 1. The van der Waals surface area contributed by atoms with Crippen molar-refractivity contribution >= 4 is 11.6 Å². The number of carbonyl (C=O) groups is 1. The topological polar surface area (TPSA) is 75.5 Å². The zero-order chi connectivity index (χ0) is 18.8. The van der Waals surface area contributed by atoms with E-state index >= 15 is 0 Å². The predicted octanol–water partition coefficient (Wildman–Crippen LogP) is 1.07. The van der Waals surface area contributed by atoms with Crippen LogP contribution in [0.1, 0.15) is 27.7 Å². The minimum absolute atomic E-state index is 0.412. The molecule has 0 bridgehead atoms. The molecule has 27 heavy (non-hydrogen) atoms. The number of methoxy groups -OCH3 is 1. The van der Waals surface area contributed by atoms with Gasteiger partial charge in [-0.05, 0) is 29.8 Å². The first-order chi connectivity index (χ1) is 13.2. The van der Waals surface area contributed by atoms with Gasteiger partial charge in [-0.3, -0.25) is 10.0 Å². The number of benzene rings is 2. The van der Waals surface area contributed by atoms with Gasteiger partial charge in [0, 0.05) is 11.3 Å². The third-order valence-corrected chi connectivity index (χ3v) is 5.16. The average Bonchev–Trinajstić information content (AvgIpc) is 2.71. The molecule has 4 rings (SSSR count). The van der Waals surface area contributed by atoms with Gasteiger partial charge in [0.1, 0.15) is 25.4 Å². The highest BCUT2D eigenvalue weighted by Gasteiger charge is 2.32. The third kappa shape index (κ3) is 3.49. The number of hydrogen-bond acceptors (Lipinski definition) is 5. The zero-order valence-electron chi connectivity index (χ0n) is 15.3. The Hall–Kier alpha value is -2.61. The lowest BCUT2D eigenvalue weighted by Gasteiger charge is -2.34. The maximum Gasteiger partial charge on any atom is 0.281 e. The number of quaternary nitrogens is 1. The van der Waals surface area contributed by atoms with Crippen molar-refractivity contribution in [1.82, 2.24) is 5.06 Å². The van der Waals surface area contributed by atoms with Gasteiger partial charge in [0.25, 0.3) is 5.91 Å². The molecule has 2 aromatic rings. The fourth-order valence-corrected chi connectivity index (χ4v) is 3.68.